The number of ether oxygens (including phenoxy) is 1. The predicted octanol–water partition coefficient (Wildman–Crippen LogP) is 9.81. The van der Waals surface area contributed by atoms with Crippen LogP contribution in [0.5, 0.6) is 0 Å². The molecule has 6 aromatic carbocycles. The van der Waals surface area contributed by atoms with Crippen molar-refractivity contribution in [3.63, 3.8) is 0 Å². The van der Waals surface area contributed by atoms with Gasteiger partial charge in [0.25, 0.3) is 0 Å². The number of hydrogen-bond acceptors (Lipinski definition) is 2. The maximum Gasteiger partial charge on any atom is 0.217 e. The molecule has 39 heavy (non-hydrogen) atoms. The van der Waals surface area contributed by atoms with Gasteiger partial charge in [-0.25, -0.2) is 4.99 Å². The molecule has 2 heteroatoms. The van der Waals surface area contributed by atoms with Crippen LogP contribution in [-0.4, -0.2) is 17.0 Å². The van der Waals surface area contributed by atoms with Crippen LogP contribution in [0.1, 0.15) is 33.3 Å². The van der Waals surface area contributed by atoms with Gasteiger partial charge < -0.3 is 4.74 Å². The first-order chi connectivity index (χ1) is 18.8. The number of hydrogen-bond donors (Lipinski definition) is 0. The standard InChI is InChI=1S/C37H31NO/c1-36(2)37(3,4)39-35(38-36)26-22-20-25(21-23-26)33-29-15-7-9-17-31(29)34(32-18-10-8-16-30(32)33)28-19-11-13-24-12-5-6-14-27(24)28/h5-23H,1-4H3. The summed E-state index contributed by atoms with van der Waals surface area (Å²) in [6, 6.07) is 41.7. The molecule has 0 bridgehead atoms. The molecule has 1 heterocycles. The number of nitrogens with zero attached hydrogens (tertiary/aromatic N) is 1. The van der Waals surface area contributed by atoms with Gasteiger partial charge in [-0.3, -0.25) is 0 Å². The smallest absolute Gasteiger partial charge is 0.217 e. The Morgan fingerprint density at radius 1 is 0.487 bits per heavy atom. The summed E-state index contributed by atoms with van der Waals surface area (Å²) in [5, 5.41) is 7.56. The van der Waals surface area contributed by atoms with Crippen LogP contribution < -0.4 is 0 Å². The Morgan fingerprint density at radius 3 is 1.54 bits per heavy atom. The largest absolute Gasteiger partial charge is 0.469 e. The fourth-order valence-electron chi connectivity index (χ4n) is 5.85. The minimum atomic E-state index is -0.342. The summed E-state index contributed by atoms with van der Waals surface area (Å²) >= 11 is 0. The van der Waals surface area contributed by atoms with Crippen molar-refractivity contribution in [1.82, 2.24) is 0 Å². The average Bonchev–Trinajstić information content (AvgIpc) is 3.18. The van der Waals surface area contributed by atoms with Crippen LogP contribution in [0, 0.1) is 0 Å². The lowest BCUT2D eigenvalue weighted by Crippen LogP contribution is -2.41. The third-order valence-electron chi connectivity index (χ3n) is 8.62. The van der Waals surface area contributed by atoms with Crippen LogP contribution in [0.4, 0.5) is 0 Å². The van der Waals surface area contributed by atoms with E-state index in [-0.39, 0.29) is 11.1 Å². The highest BCUT2D eigenvalue weighted by molar-refractivity contribution is 6.23. The molecular formula is C37H31NO. The molecule has 0 radical (unpaired) electrons. The molecule has 0 fully saturated rings. The third kappa shape index (κ3) is 3.66. The van der Waals surface area contributed by atoms with Gasteiger partial charge in [-0.05, 0) is 94.4 Å². The molecule has 0 spiro atoms. The molecule has 0 atom stereocenters. The van der Waals surface area contributed by atoms with Gasteiger partial charge in [0, 0.05) is 5.56 Å². The SMILES string of the molecule is CC1(C)N=C(c2ccc(-c3c4ccccc4c(-c4cccc5ccccc45)c4ccccc34)cc2)OC1(C)C. The van der Waals surface area contributed by atoms with Gasteiger partial charge >= 0.3 is 0 Å². The van der Waals surface area contributed by atoms with Crippen LogP contribution in [-0.2, 0) is 4.74 Å². The second-order valence-corrected chi connectivity index (χ2v) is 11.5. The lowest BCUT2D eigenvalue weighted by Gasteiger charge is -2.30. The van der Waals surface area contributed by atoms with Crippen LogP contribution in [0.2, 0.25) is 0 Å². The molecule has 0 saturated heterocycles. The van der Waals surface area contributed by atoms with Gasteiger partial charge in [-0.1, -0.05) is 103 Å². The molecule has 7 rings (SSSR count). The minimum Gasteiger partial charge on any atom is -0.469 e. The molecule has 6 aromatic rings. The third-order valence-corrected chi connectivity index (χ3v) is 8.62. The van der Waals surface area contributed by atoms with Gasteiger partial charge in [0.1, 0.15) is 5.60 Å². The fourth-order valence-corrected chi connectivity index (χ4v) is 5.85. The quantitative estimate of drug-likeness (QED) is 0.219. The molecule has 0 aromatic heterocycles. The Bertz CT molecular complexity index is 1860. The van der Waals surface area contributed by atoms with Crippen molar-refractivity contribution in [2.45, 2.75) is 38.8 Å². The van der Waals surface area contributed by atoms with Crippen LogP contribution in [0.15, 0.2) is 120 Å². The second-order valence-electron chi connectivity index (χ2n) is 11.5. The maximum absolute atomic E-state index is 6.29. The van der Waals surface area contributed by atoms with E-state index in [1.165, 1.54) is 54.6 Å². The molecular weight excluding hydrogens is 474 g/mol. The van der Waals surface area contributed by atoms with E-state index in [0.29, 0.717) is 0 Å². The summed E-state index contributed by atoms with van der Waals surface area (Å²) in [6.07, 6.45) is 0. The Hall–Kier alpha value is -4.43. The summed E-state index contributed by atoms with van der Waals surface area (Å²) in [7, 11) is 0. The van der Waals surface area contributed by atoms with E-state index >= 15 is 0 Å². The van der Waals surface area contributed by atoms with Crippen molar-refractivity contribution in [1.29, 1.82) is 0 Å². The van der Waals surface area contributed by atoms with Gasteiger partial charge in [-0.15, -0.1) is 0 Å². The number of benzene rings is 6. The first-order valence-electron chi connectivity index (χ1n) is 13.7. The Labute approximate surface area is 229 Å². The molecule has 2 nitrogen and oxygen atoms in total. The van der Waals surface area contributed by atoms with Gasteiger partial charge in [0.2, 0.25) is 5.90 Å². The zero-order valence-corrected chi connectivity index (χ0v) is 22.8. The zero-order valence-electron chi connectivity index (χ0n) is 22.8. The van der Waals surface area contributed by atoms with Gasteiger partial charge in [0.05, 0.1) is 5.54 Å². The van der Waals surface area contributed by atoms with Crippen molar-refractivity contribution < 1.29 is 4.74 Å². The van der Waals surface area contributed by atoms with Crippen LogP contribution >= 0.6 is 0 Å². The molecule has 0 unspecified atom stereocenters. The van der Waals surface area contributed by atoms with Crippen molar-refractivity contribution in [2.75, 3.05) is 0 Å². The molecule has 0 saturated carbocycles. The zero-order chi connectivity index (χ0) is 26.8. The summed E-state index contributed by atoms with van der Waals surface area (Å²) < 4.78 is 6.29. The summed E-state index contributed by atoms with van der Waals surface area (Å²) in [5.41, 5.74) is 5.40. The first-order valence-corrected chi connectivity index (χ1v) is 13.7. The van der Waals surface area contributed by atoms with Gasteiger partial charge in [-0.2, -0.15) is 0 Å². The molecule has 190 valence electrons. The normalized spacial score (nSPS) is 15.9. The molecule has 0 aliphatic carbocycles. The average molecular weight is 506 g/mol. The Balaban J connectivity index is 1.47. The van der Waals surface area contributed by atoms with E-state index in [2.05, 4.69) is 143 Å². The van der Waals surface area contributed by atoms with Gasteiger partial charge in [0.15, 0.2) is 0 Å². The van der Waals surface area contributed by atoms with E-state index in [1.807, 2.05) is 0 Å². The molecule has 0 N–H and O–H groups in total. The second kappa shape index (κ2) is 8.54. The van der Waals surface area contributed by atoms with Crippen molar-refractivity contribution in [2.24, 2.45) is 4.99 Å². The van der Waals surface area contributed by atoms with E-state index < -0.39 is 0 Å². The summed E-state index contributed by atoms with van der Waals surface area (Å²) in [5.74, 6) is 0.720. The van der Waals surface area contributed by atoms with Crippen molar-refractivity contribution in [3.05, 3.63) is 121 Å². The number of fused-ring (bicyclic) bond motifs is 3. The van der Waals surface area contributed by atoms with E-state index in [9.17, 15) is 0 Å². The minimum absolute atomic E-state index is 0.273. The lowest BCUT2D eigenvalue weighted by atomic mass is 9.84. The first kappa shape index (κ1) is 23.7. The molecule has 1 aliphatic rings. The van der Waals surface area contributed by atoms with E-state index in [1.54, 1.807) is 0 Å². The topological polar surface area (TPSA) is 21.6 Å². The monoisotopic (exact) mass is 505 g/mol. The Kier molecular flexibility index (Phi) is 5.18. The summed E-state index contributed by atoms with van der Waals surface area (Å²) in [4.78, 5) is 4.91. The highest BCUT2D eigenvalue weighted by atomic mass is 16.5. The number of aliphatic imine (C=N–C) groups is 1. The van der Waals surface area contributed by atoms with E-state index in [4.69, 9.17) is 9.73 Å². The number of rotatable bonds is 3. The van der Waals surface area contributed by atoms with Crippen LogP contribution in [0.25, 0.3) is 54.6 Å². The fraction of sp³-hybridized carbons (Fsp3) is 0.162. The van der Waals surface area contributed by atoms with Crippen molar-refractivity contribution in [3.8, 4) is 22.3 Å². The van der Waals surface area contributed by atoms with Crippen molar-refractivity contribution >= 4 is 38.2 Å². The lowest BCUT2D eigenvalue weighted by molar-refractivity contribution is 0.0619. The van der Waals surface area contributed by atoms with E-state index in [0.717, 1.165) is 11.5 Å². The summed E-state index contributed by atoms with van der Waals surface area (Å²) in [6.45, 7) is 8.47. The van der Waals surface area contributed by atoms with Crippen LogP contribution in [0.3, 0.4) is 0 Å². The molecule has 1 aliphatic heterocycles. The Morgan fingerprint density at radius 2 is 0.974 bits per heavy atom. The highest BCUT2D eigenvalue weighted by Gasteiger charge is 2.45. The highest BCUT2D eigenvalue weighted by Crippen LogP contribution is 2.45. The molecule has 0 amide bonds. The maximum atomic E-state index is 6.29. The predicted molar refractivity (Wildman–Crippen MR) is 166 cm³/mol.